The van der Waals surface area contributed by atoms with Gasteiger partial charge in [0.1, 0.15) is 0 Å². The summed E-state index contributed by atoms with van der Waals surface area (Å²) in [6.07, 6.45) is 0. The van der Waals surface area contributed by atoms with Crippen LogP contribution in [0, 0.1) is 0 Å². The number of nitrogens with two attached hydrogens (primary N) is 1. The number of rotatable bonds is 8. The molecular weight excluding hydrogens is 721 g/mol. The van der Waals surface area contributed by atoms with Gasteiger partial charge < -0.3 is 5.73 Å². The van der Waals surface area contributed by atoms with Gasteiger partial charge in [-0.2, -0.15) is 0 Å². The highest BCUT2D eigenvalue weighted by atomic mass is 15.0. The van der Waals surface area contributed by atoms with Gasteiger partial charge in [0, 0.05) is 38.9 Å². The van der Waals surface area contributed by atoms with Gasteiger partial charge >= 0.3 is 0 Å². The first-order chi connectivity index (χ1) is 29.1. The second kappa shape index (κ2) is 15.4. The highest BCUT2D eigenvalue weighted by Gasteiger charge is 2.17. The van der Waals surface area contributed by atoms with E-state index in [9.17, 15) is 0 Å². The third kappa shape index (κ3) is 7.23. The lowest BCUT2D eigenvalue weighted by atomic mass is 9.95. The smallest absolute Gasteiger partial charge is 0.164 e. The summed E-state index contributed by atoms with van der Waals surface area (Å²) in [5.74, 6) is 2.53. The fraction of sp³-hybridized carbons (Fsp3) is 0. The summed E-state index contributed by atoms with van der Waals surface area (Å²) >= 11 is 0. The van der Waals surface area contributed by atoms with Gasteiger partial charge in [0.2, 0.25) is 0 Å². The third-order valence-corrected chi connectivity index (χ3v) is 10.5. The number of hydrogen-bond acceptors (Lipinski definition) is 6. The minimum atomic E-state index is 0.601. The molecule has 10 rings (SSSR count). The molecule has 0 aliphatic heterocycles. The number of fused-ring (bicyclic) bond motifs is 1. The molecule has 6 heteroatoms. The molecule has 0 saturated carbocycles. The fourth-order valence-corrected chi connectivity index (χ4v) is 7.50. The van der Waals surface area contributed by atoms with Crippen LogP contribution >= 0.6 is 0 Å². The Kier molecular flexibility index (Phi) is 9.25. The van der Waals surface area contributed by atoms with E-state index in [2.05, 4.69) is 103 Å². The number of para-hydroxylation sites is 1. The van der Waals surface area contributed by atoms with E-state index < -0.39 is 0 Å². The van der Waals surface area contributed by atoms with Gasteiger partial charge in [-0.1, -0.05) is 182 Å². The molecule has 0 fully saturated rings. The third-order valence-electron chi connectivity index (χ3n) is 10.5. The lowest BCUT2D eigenvalue weighted by molar-refractivity contribution is 1.07. The standard InChI is InChI=1S/C53H36N6/c54-44-20-12-18-42(34-44)36-27-31-40(32-28-36)52-57-51(39-15-5-2-6-16-39)58-53(59-52)46-22-8-7-21-45(46)43-19-11-17-41(33-43)35-25-29-37(30-26-35)49-47-23-9-10-24-48(47)55-50(56-49)38-13-3-1-4-14-38/h1-34H,54H2. The van der Waals surface area contributed by atoms with Crippen LogP contribution < -0.4 is 5.73 Å². The van der Waals surface area contributed by atoms with Crippen molar-refractivity contribution in [2.45, 2.75) is 0 Å². The molecule has 0 unspecified atom stereocenters. The molecule has 0 aliphatic rings. The zero-order valence-corrected chi connectivity index (χ0v) is 31.9. The van der Waals surface area contributed by atoms with Crippen molar-refractivity contribution in [3.8, 4) is 90.2 Å². The van der Waals surface area contributed by atoms with Gasteiger partial charge in [0.25, 0.3) is 0 Å². The Labute approximate surface area is 342 Å². The molecule has 2 N–H and O–H groups in total. The van der Waals surface area contributed by atoms with Crippen molar-refractivity contribution in [2.75, 3.05) is 5.73 Å². The predicted octanol–water partition coefficient (Wildman–Crippen LogP) is 12.7. The molecular formula is C53H36N6. The van der Waals surface area contributed by atoms with Crippen molar-refractivity contribution < 1.29 is 0 Å². The van der Waals surface area contributed by atoms with E-state index in [-0.39, 0.29) is 0 Å². The van der Waals surface area contributed by atoms with Crippen LogP contribution in [0.2, 0.25) is 0 Å². The van der Waals surface area contributed by atoms with Crippen LogP contribution in [0.25, 0.3) is 101 Å². The summed E-state index contributed by atoms with van der Waals surface area (Å²) in [4.78, 5) is 25.2. The second-order valence-electron chi connectivity index (χ2n) is 14.4. The largest absolute Gasteiger partial charge is 0.399 e. The quantitative estimate of drug-likeness (QED) is 0.155. The zero-order chi connectivity index (χ0) is 39.5. The molecule has 0 radical (unpaired) electrons. The number of anilines is 1. The maximum atomic E-state index is 6.08. The molecule has 0 aliphatic carbocycles. The van der Waals surface area contributed by atoms with Crippen molar-refractivity contribution in [3.63, 3.8) is 0 Å². The highest BCUT2D eigenvalue weighted by Crippen LogP contribution is 2.36. The Bertz CT molecular complexity index is 3090. The minimum Gasteiger partial charge on any atom is -0.399 e. The summed E-state index contributed by atoms with van der Waals surface area (Å²) in [6.45, 7) is 0. The van der Waals surface area contributed by atoms with Crippen LogP contribution in [0.15, 0.2) is 206 Å². The lowest BCUT2D eigenvalue weighted by Crippen LogP contribution is -2.01. The van der Waals surface area contributed by atoms with E-state index in [0.29, 0.717) is 23.3 Å². The first-order valence-corrected chi connectivity index (χ1v) is 19.5. The molecule has 0 amide bonds. The van der Waals surface area contributed by atoms with Crippen molar-refractivity contribution in [2.24, 2.45) is 0 Å². The van der Waals surface area contributed by atoms with Crippen molar-refractivity contribution in [1.29, 1.82) is 0 Å². The van der Waals surface area contributed by atoms with Crippen molar-refractivity contribution in [3.05, 3.63) is 206 Å². The predicted molar refractivity (Wildman–Crippen MR) is 241 cm³/mol. The SMILES string of the molecule is Nc1cccc(-c2ccc(-c3nc(-c4ccccc4)nc(-c4ccccc4-c4cccc(-c5ccc(-c6nc(-c7ccccc7)nc7ccccc67)cc5)c4)n3)cc2)c1. The lowest BCUT2D eigenvalue weighted by Gasteiger charge is -2.13. The van der Waals surface area contributed by atoms with E-state index >= 15 is 0 Å². The first-order valence-electron chi connectivity index (χ1n) is 19.5. The average molecular weight is 757 g/mol. The van der Waals surface area contributed by atoms with Gasteiger partial charge in [-0.15, -0.1) is 0 Å². The normalized spacial score (nSPS) is 11.1. The molecule has 0 spiro atoms. The van der Waals surface area contributed by atoms with Crippen LogP contribution in [0.5, 0.6) is 0 Å². The Hall–Kier alpha value is -8.09. The molecule has 10 aromatic rings. The maximum absolute atomic E-state index is 6.08. The zero-order valence-electron chi connectivity index (χ0n) is 31.9. The molecule has 278 valence electrons. The van der Waals surface area contributed by atoms with E-state index in [0.717, 1.165) is 83.5 Å². The molecule has 2 heterocycles. The number of nitrogen functional groups attached to an aromatic ring is 1. The van der Waals surface area contributed by atoms with Crippen LogP contribution in [0.3, 0.4) is 0 Å². The Morgan fingerprint density at radius 2 is 0.729 bits per heavy atom. The number of nitrogens with zero attached hydrogens (tertiary/aromatic N) is 5. The topological polar surface area (TPSA) is 90.5 Å². The number of benzene rings is 8. The Morgan fingerprint density at radius 3 is 1.39 bits per heavy atom. The van der Waals surface area contributed by atoms with Crippen molar-refractivity contribution in [1.82, 2.24) is 24.9 Å². The molecule has 0 bridgehead atoms. The average Bonchev–Trinajstić information content (AvgIpc) is 3.32. The Morgan fingerprint density at radius 1 is 0.271 bits per heavy atom. The second-order valence-corrected chi connectivity index (χ2v) is 14.4. The molecule has 0 saturated heterocycles. The molecule has 6 nitrogen and oxygen atoms in total. The van der Waals surface area contributed by atoms with Gasteiger partial charge in [-0.25, -0.2) is 24.9 Å². The molecule has 0 atom stereocenters. The molecule has 59 heavy (non-hydrogen) atoms. The van der Waals surface area contributed by atoms with Gasteiger partial charge in [0.15, 0.2) is 23.3 Å². The summed E-state index contributed by atoms with van der Waals surface area (Å²) in [5, 5.41) is 1.02. The summed E-state index contributed by atoms with van der Waals surface area (Å²) in [7, 11) is 0. The summed E-state index contributed by atoms with van der Waals surface area (Å²) in [6, 6.07) is 70.2. The van der Waals surface area contributed by atoms with Crippen LogP contribution in [0.1, 0.15) is 0 Å². The fourth-order valence-electron chi connectivity index (χ4n) is 7.50. The van der Waals surface area contributed by atoms with Crippen LogP contribution in [-0.2, 0) is 0 Å². The maximum Gasteiger partial charge on any atom is 0.164 e. The van der Waals surface area contributed by atoms with E-state index in [4.69, 9.17) is 30.7 Å². The van der Waals surface area contributed by atoms with Crippen LogP contribution in [-0.4, -0.2) is 24.9 Å². The van der Waals surface area contributed by atoms with E-state index in [1.807, 2.05) is 103 Å². The van der Waals surface area contributed by atoms with Gasteiger partial charge in [0.05, 0.1) is 11.2 Å². The van der Waals surface area contributed by atoms with Gasteiger partial charge in [-0.05, 0) is 57.6 Å². The highest BCUT2D eigenvalue weighted by molar-refractivity contribution is 5.94. The molecule has 2 aromatic heterocycles. The summed E-state index contributed by atoms with van der Waals surface area (Å²) < 4.78 is 0. The van der Waals surface area contributed by atoms with E-state index in [1.165, 1.54) is 0 Å². The first kappa shape index (κ1) is 35.3. The minimum absolute atomic E-state index is 0.601. The van der Waals surface area contributed by atoms with Gasteiger partial charge in [-0.3, -0.25) is 0 Å². The monoisotopic (exact) mass is 756 g/mol. The Balaban J connectivity index is 1.01. The van der Waals surface area contributed by atoms with Crippen molar-refractivity contribution >= 4 is 16.6 Å². The number of hydrogen-bond donors (Lipinski definition) is 1. The van der Waals surface area contributed by atoms with Crippen LogP contribution in [0.4, 0.5) is 5.69 Å². The summed E-state index contributed by atoms with van der Waals surface area (Å²) in [5.41, 5.74) is 19.8. The van der Waals surface area contributed by atoms with E-state index in [1.54, 1.807) is 0 Å². The number of aromatic nitrogens is 5. The molecule has 8 aromatic carbocycles.